The van der Waals surface area contributed by atoms with Gasteiger partial charge in [0.15, 0.2) is 0 Å². The summed E-state index contributed by atoms with van der Waals surface area (Å²) in [5.74, 6) is -4.84. The fourth-order valence-corrected chi connectivity index (χ4v) is 7.83. The number of carbonyl (C=O) groups is 4. The van der Waals surface area contributed by atoms with Crippen LogP contribution < -0.4 is 0 Å². The van der Waals surface area contributed by atoms with E-state index in [2.05, 4.69) is 29.9 Å². The topological polar surface area (TPSA) is 146 Å². The van der Waals surface area contributed by atoms with Crippen molar-refractivity contribution in [3.05, 3.63) is 276 Å². The van der Waals surface area contributed by atoms with Crippen LogP contribution in [0.1, 0.15) is 76.4 Å². The van der Waals surface area contributed by atoms with Crippen LogP contribution in [0.3, 0.4) is 0 Å². The zero-order chi connectivity index (χ0) is 47.1. The minimum atomic E-state index is -0.948. The minimum absolute atomic E-state index is 0.128. The van der Waals surface area contributed by atoms with E-state index >= 15 is 0 Å². The van der Waals surface area contributed by atoms with Crippen molar-refractivity contribution in [3.63, 3.8) is 0 Å². The summed E-state index contributed by atoms with van der Waals surface area (Å²) in [6.07, 6.45) is 0.133. The average Bonchev–Trinajstić information content (AvgIpc) is 3.43. The number of carbonyl (C=O) groups excluding carboxylic acids is 4. The fraction of sp³-hybridized carbons (Fsp3) is 0.0169. The molecule has 0 spiro atoms. The quantitative estimate of drug-likeness (QED) is 0.0967. The number of hydrogen-bond acceptors (Lipinski definition) is 10. The fourth-order valence-electron chi connectivity index (χ4n) is 7.83. The van der Waals surface area contributed by atoms with E-state index in [4.69, 9.17) is 0 Å². The Balaban J connectivity index is 1.03. The third kappa shape index (κ3) is 9.72. The van der Waals surface area contributed by atoms with E-state index in [1.165, 1.54) is 0 Å². The van der Waals surface area contributed by atoms with Crippen LogP contribution in [0.25, 0.3) is 44.5 Å². The Morgan fingerprint density at radius 1 is 0.246 bits per heavy atom. The largest absolute Gasteiger partial charge is 0.285 e. The second-order valence-electron chi connectivity index (χ2n) is 16.1. The molecule has 0 saturated heterocycles. The van der Waals surface area contributed by atoms with Gasteiger partial charge in [-0.25, -0.2) is 29.9 Å². The molecular formula is C59H38N6O4. The highest BCUT2D eigenvalue weighted by atomic mass is 16.1. The molecule has 0 aliphatic heterocycles. The van der Waals surface area contributed by atoms with Gasteiger partial charge in [-0.2, -0.15) is 0 Å². The van der Waals surface area contributed by atoms with Crippen molar-refractivity contribution in [1.29, 1.82) is 0 Å². The Bertz CT molecular complexity index is 3370. The number of rotatable bonds is 14. The highest BCUT2D eigenvalue weighted by Gasteiger charge is 2.27. The third-order valence-corrected chi connectivity index (χ3v) is 11.5. The van der Waals surface area contributed by atoms with Gasteiger partial charge in [0.2, 0.25) is 46.5 Å². The van der Waals surface area contributed by atoms with Crippen molar-refractivity contribution < 1.29 is 19.2 Å². The summed E-state index contributed by atoms with van der Waals surface area (Å²) in [5.41, 5.74) is 9.14. The molecule has 0 atom stereocenters. The van der Waals surface area contributed by atoms with Crippen molar-refractivity contribution in [2.75, 3.05) is 0 Å². The van der Waals surface area contributed by atoms with E-state index in [1.807, 2.05) is 158 Å². The predicted molar refractivity (Wildman–Crippen MR) is 264 cm³/mol. The van der Waals surface area contributed by atoms with Crippen LogP contribution in [-0.2, 0) is 6.42 Å². The Labute approximate surface area is 397 Å². The lowest BCUT2D eigenvalue weighted by atomic mass is 10.0. The number of aromatic nitrogens is 6. The maximum atomic E-state index is 14.8. The molecule has 0 amide bonds. The molecule has 0 fully saturated rings. The maximum Gasteiger partial charge on any atom is 0.267 e. The van der Waals surface area contributed by atoms with Gasteiger partial charge in [-0.15, -0.1) is 0 Å². The molecule has 0 radical (unpaired) electrons. The molecule has 0 N–H and O–H groups in total. The standard InChI is InChI=1S/C59H38N6O4/c66-51(47-31-25-44(26-32-47)40-15-7-2-8-16-40)55-60-50(37-38-21-23-43(24-22-38)39-13-5-1-6-14-39)61-58(62-55)54(69)59-64-56(52(67)48-33-27-45(28-34-48)41-17-9-3-10-18-41)63-57(65-59)53(68)49-35-29-46(30-36-49)42-19-11-4-12-20-42/h1-36H,37H2. The lowest BCUT2D eigenvalue weighted by molar-refractivity contribution is 0.101. The first-order valence-electron chi connectivity index (χ1n) is 22.1. The molecular weight excluding hydrogens is 857 g/mol. The van der Waals surface area contributed by atoms with Crippen molar-refractivity contribution in [2.45, 2.75) is 6.42 Å². The first kappa shape index (κ1) is 43.4. The van der Waals surface area contributed by atoms with Gasteiger partial charge < -0.3 is 0 Å². The van der Waals surface area contributed by atoms with Crippen LogP contribution >= 0.6 is 0 Å². The second-order valence-corrected chi connectivity index (χ2v) is 16.1. The van der Waals surface area contributed by atoms with Crippen LogP contribution in [0.5, 0.6) is 0 Å². The molecule has 8 aromatic carbocycles. The molecule has 2 heterocycles. The molecule has 0 unspecified atom stereocenters. The van der Waals surface area contributed by atoms with Gasteiger partial charge >= 0.3 is 0 Å². The Hall–Kier alpha value is -9.54. The van der Waals surface area contributed by atoms with Crippen LogP contribution in [0.2, 0.25) is 0 Å². The van der Waals surface area contributed by atoms with Crippen LogP contribution in [0.4, 0.5) is 0 Å². The van der Waals surface area contributed by atoms with Gasteiger partial charge in [-0.05, 0) is 50.1 Å². The predicted octanol–water partition coefficient (Wildman–Crippen LogP) is 11.2. The highest BCUT2D eigenvalue weighted by molar-refractivity contribution is 6.12. The molecule has 10 aromatic rings. The second kappa shape index (κ2) is 19.5. The lowest BCUT2D eigenvalue weighted by Gasteiger charge is -2.10. The Morgan fingerprint density at radius 2 is 0.478 bits per heavy atom. The van der Waals surface area contributed by atoms with Crippen molar-refractivity contribution in [1.82, 2.24) is 29.9 Å². The molecule has 0 saturated carbocycles. The van der Waals surface area contributed by atoms with Gasteiger partial charge in [0.05, 0.1) is 0 Å². The molecule has 0 aliphatic rings. The summed E-state index contributed by atoms with van der Waals surface area (Å²) < 4.78 is 0. The van der Waals surface area contributed by atoms with Gasteiger partial charge in [0.25, 0.3) is 5.78 Å². The Kier molecular flexibility index (Phi) is 12.3. The molecule has 0 bridgehead atoms. The molecule has 69 heavy (non-hydrogen) atoms. The van der Waals surface area contributed by atoms with E-state index in [0.29, 0.717) is 0 Å². The molecule has 328 valence electrons. The van der Waals surface area contributed by atoms with Crippen LogP contribution in [-0.4, -0.2) is 53.0 Å². The maximum absolute atomic E-state index is 14.8. The van der Waals surface area contributed by atoms with Gasteiger partial charge in [0, 0.05) is 23.1 Å². The summed E-state index contributed by atoms with van der Waals surface area (Å²) in [4.78, 5) is 84.1. The summed E-state index contributed by atoms with van der Waals surface area (Å²) in [6, 6.07) is 67.6. The van der Waals surface area contributed by atoms with E-state index in [0.717, 1.165) is 50.1 Å². The van der Waals surface area contributed by atoms with E-state index < -0.39 is 46.4 Å². The monoisotopic (exact) mass is 894 g/mol. The summed E-state index contributed by atoms with van der Waals surface area (Å²) >= 11 is 0. The molecule has 0 aliphatic carbocycles. The molecule has 2 aromatic heterocycles. The zero-order valence-electron chi connectivity index (χ0n) is 36.8. The van der Waals surface area contributed by atoms with E-state index in [9.17, 15) is 19.2 Å². The van der Waals surface area contributed by atoms with Crippen molar-refractivity contribution >= 4 is 23.1 Å². The number of hydrogen-bond donors (Lipinski definition) is 0. The zero-order valence-corrected chi connectivity index (χ0v) is 36.8. The first-order chi connectivity index (χ1) is 33.8. The van der Waals surface area contributed by atoms with Crippen molar-refractivity contribution in [2.24, 2.45) is 0 Å². The van der Waals surface area contributed by atoms with Gasteiger partial charge in [-0.1, -0.05) is 218 Å². The number of nitrogens with zero attached hydrogens (tertiary/aromatic N) is 6. The average molecular weight is 895 g/mol. The van der Waals surface area contributed by atoms with Crippen LogP contribution in [0, 0.1) is 0 Å². The molecule has 10 nitrogen and oxygen atoms in total. The van der Waals surface area contributed by atoms with Crippen LogP contribution in [0.15, 0.2) is 218 Å². The highest BCUT2D eigenvalue weighted by Crippen LogP contribution is 2.25. The SMILES string of the molecule is O=C(c1ccc(-c2ccccc2)cc1)c1nc(Cc2ccc(-c3ccccc3)cc2)nc(C(=O)c2nc(C(=O)c3ccc(-c4ccccc4)cc3)nc(C(=O)c3ccc(-c4ccccc4)cc3)n2)n1. The summed E-state index contributed by atoms with van der Waals surface area (Å²) in [5, 5.41) is 0. The van der Waals surface area contributed by atoms with Gasteiger partial charge in [-0.3, -0.25) is 19.2 Å². The summed E-state index contributed by atoms with van der Waals surface area (Å²) in [6.45, 7) is 0. The number of benzene rings is 8. The van der Waals surface area contributed by atoms with E-state index in [1.54, 1.807) is 60.7 Å². The smallest absolute Gasteiger partial charge is 0.267 e. The van der Waals surface area contributed by atoms with Crippen molar-refractivity contribution in [3.8, 4) is 44.5 Å². The number of ketones is 4. The Morgan fingerprint density at radius 3 is 0.783 bits per heavy atom. The molecule has 10 rings (SSSR count). The minimum Gasteiger partial charge on any atom is -0.285 e. The van der Waals surface area contributed by atoms with Gasteiger partial charge in [0.1, 0.15) is 5.82 Å². The third-order valence-electron chi connectivity index (χ3n) is 11.5. The van der Waals surface area contributed by atoms with E-state index in [-0.39, 0.29) is 34.8 Å². The summed E-state index contributed by atoms with van der Waals surface area (Å²) in [7, 11) is 0. The molecule has 10 heteroatoms. The first-order valence-corrected chi connectivity index (χ1v) is 22.1. The lowest BCUT2D eigenvalue weighted by Crippen LogP contribution is -2.22. The normalized spacial score (nSPS) is 10.9.